The Bertz CT molecular complexity index is 221. The van der Waals surface area contributed by atoms with Crippen molar-refractivity contribution in [2.24, 2.45) is 17.3 Å². The third-order valence-corrected chi connectivity index (χ3v) is 4.19. The van der Waals surface area contributed by atoms with Crippen LogP contribution in [0.1, 0.15) is 38.5 Å². The van der Waals surface area contributed by atoms with Crippen molar-refractivity contribution in [3.05, 3.63) is 12.7 Å². The molecule has 0 amide bonds. The van der Waals surface area contributed by atoms with Crippen molar-refractivity contribution in [1.29, 1.82) is 0 Å². The summed E-state index contributed by atoms with van der Waals surface area (Å²) in [4.78, 5) is 11.3. The normalized spacial score (nSPS) is 44.0. The largest absolute Gasteiger partial charge is 0.303 e. The Morgan fingerprint density at radius 3 is 2.77 bits per heavy atom. The summed E-state index contributed by atoms with van der Waals surface area (Å²) in [6, 6.07) is 0. The maximum atomic E-state index is 11.3. The number of fused-ring (bicyclic) bond motifs is 1. The van der Waals surface area contributed by atoms with Gasteiger partial charge in [0, 0.05) is 5.41 Å². The summed E-state index contributed by atoms with van der Waals surface area (Å²) in [6.07, 6.45) is 10.6. The molecule has 0 aromatic carbocycles. The van der Waals surface area contributed by atoms with Crippen LogP contribution >= 0.6 is 0 Å². The number of hydrogen-bond donors (Lipinski definition) is 0. The summed E-state index contributed by atoms with van der Waals surface area (Å²) in [5.74, 6) is 1.14. The van der Waals surface area contributed by atoms with Crippen LogP contribution in [0.25, 0.3) is 0 Å². The molecule has 2 fully saturated rings. The minimum atomic E-state index is 0. The summed E-state index contributed by atoms with van der Waals surface area (Å²) in [5.41, 5.74) is 0. The number of carbonyl (C=O) groups is 1. The topological polar surface area (TPSA) is 17.1 Å². The molecule has 1 unspecified atom stereocenters. The first-order valence-corrected chi connectivity index (χ1v) is 5.42. The Kier molecular flexibility index (Phi) is 2.27. The summed E-state index contributed by atoms with van der Waals surface area (Å²) in [5, 5.41) is 0. The molecule has 2 aliphatic carbocycles. The SMILES string of the molecule is C=CC1CC[C@@H]2CCCC[C@]12C=O. The lowest BCUT2D eigenvalue weighted by Gasteiger charge is -2.38. The van der Waals surface area contributed by atoms with Crippen molar-refractivity contribution < 1.29 is 4.79 Å². The summed E-state index contributed by atoms with van der Waals surface area (Å²) >= 11 is 0. The molecule has 13 heavy (non-hydrogen) atoms. The maximum Gasteiger partial charge on any atom is 0.127 e. The molecule has 0 saturated heterocycles. The van der Waals surface area contributed by atoms with Crippen LogP contribution in [0.4, 0.5) is 0 Å². The van der Waals surface area contributed by atoms with Gasteiger partial charge in [-0.05, 0) is 37.5 Å². The quantitative estimate of drug-likeness (QED) is 0.469. The van der Waals surface area contributed by atoms with E-state index in [1.54, 1.807) is 0 Å². The van der Waals surface area contributed by atoms with Crippen LogP contribution in [-0.4, -0.2) is 6.29 Å². The first-order chi connectivity index (χ1) is 6.33. The highest BCUT2D eigenvalue weighted by Gasteiger charge is 2.49. The Hall–Kier alpha value is -0.590. The fraction of sp³-hybridized carbons (Fsp3) is 0.750. The predicted molar refractivity (Wildman–Crippen MR) is 53.4 cm³/mol. The monoisotopic (exact) mass is 178 g/mol. The van der Waals surface area contributed by atoms with Gasteiger partial charge in [0.25, 0.3) is 0 Å². The van der Waals surface area contributed by atoms with Gasteiger partial charge in [-0.15, -0.1) is 6.58 Å². The highest BCUT2D eigenvalue weighted by atomic mass is 16.1. The number of hydrogen-bond acceptors (Lipinski definition) is 1. The number of allylic oxidation sites excluding steroid dienone is 1. The molecule has 0 spiro atoms. The van der Waals surface area contributed by atoms with Crippen LogP contribution in [0.2, 0.25) is 0 Å². The van der Waals surface area contributed by atoms with E-state index in [2.05, 4.69) is 6.58 Å². The minimum absolute atomic E-state index is 0. The van der Waals surface area contributed by atoms with Gasteiger partial charge in [0.05, 0.1) is 0 Å². The van der Waals surface area contributed by atoms with Crippen molar-refractivity contribution in [3.63, 3.8) is 0 Å². The third kappa shape index (κ3) is 1.17. The molecule has 0 aromatic rings. The molecular weight excluding hydrogens is 160 g/mol. The average Bonchev–Trinajstić information content (AvgIpc) is 2.56. The second-order valence-corrected chi connectivity index (χ2v) is 4.59. The van der Waals surface area contributed by atoms with E-state index in [1.165, 1.54) is 38.4 Å². The van der Waals surface area contributed by atoms with E-state index >= 15 is 0 Å². The molecule has 2 aliphatic rings. The second kappa shape index (κ2) is 3.28. The zero-order valence-corrected chi connectivity index (χ0v) is 8.17. The van der Waals surface area contributed by atoms with E-state index in [0.717, 1.165) is 6.42 Å². The molecule has 1 heteroatoms. The van der Waals surface area contributed by atoms with Crippen molar-refractivity contribution in [1.82, 2.24) is 0 Å². The summed E-state index contributed by atoms with van der Waals surface area (Å²) in [7, 11) is 0. The molecule has 2 saturated carbocycles. The Labute approximate surface area is 80.2 Å². The van der Waals surface area contributed by atoms with E-state index in [-0.39, 0.29) is 5.41 Å². The second-order valence-electron chi connectivity index (χ2n) is 4.59. The zero-order chi connectivity index (χ0) is 9.31. The van der Waals surface area contributed by atoms with Crippen molar-refractivity contribution in [2.45, 2.75) is 38.5 Å². The van der Waals surface area contributed by atoms with E-state index in [0.29, 0.717) is 11.8 Å². The van der Waals surface area contributed by atoms with Gasteiger partial charge in [-0.3, -0.25) is 0 Å². The molecule has 2 rings (SSSR count). The highest BCUT2D eigenvalue weighted by Crippen LogP contribution is 2.54. The molecule has 0 aromatic heterocycles. The number of rotatable bonds is 2. The first-order valence-electron chi connectivity index (χ1n) is 5.42. The maximum absolute atomic E-state index is 11.3. The van der Waals surface area contributed by atoms with Gasteiger partial charge >= 0.3 is 0 Å². The fourth-order valence-corrected chi connectivity index (χ4v) is 3.43. The molecule has 0 N–H and O–H groups in total. The minimum Gasteiger partial charge on any atom is -0.303 e. The first kappa shape index (κ1) is 8.98. The van der Waals surface area contributed by atoms with Crippen LogP contribution < -0.4 is 0 Å². The summed E-state index contributed by atoms with van der Waals surface area (Å²) < 4.78 is 0. The zero-order valence-electron chi connectivity index (χ0n) is 8.17. The molecule has 0 radical (unpaired) electrons. The Morgan fingerprint density at radius 1 is 1.23 bits per heavy atom. The van der Waals surface area contributed by atoms with Crippen LogP contribution in [0.5, 0.6) is 0 Å². The van der Waals surface area contributed by atoms with Gasteiger partial charge in [-0.25, -0.2) is 0 Å². The average molecular weight is 178 g/mol. The van der Waals surface area contributed by atoms with Crippen LogP contribution in [0.3, 0.4) is 0 Å². The van der Waals surface area contributed by atoms with Gasteiger partial charge in [0.15, 0.2) is 0 Å². The van der Waals surface area contributed by atoms with Crippen molar-refractivity contribution in [2.75, 3.05) is 0 Å². The lowest BCUT2D eigenvalue weighted by molar-refractivity contribution is -0.121. The van der Waals surface area contributed by atoms with Gasteiger partial charge in [0.2, 0.25) is 0 Å². The van der Waals surface area contributed by atoms with Gasteiger partial charge in [-0.1, -0.05) is 18.9 Å². The van der Waals surface area contributed by atoms with Crippen molar-refractivity contribution >= 4 is 6.29 Å². The van der Waals surface area contributed by atoms with E-state index < -0.39 is 0 Å². The van der Waals surface area contributed by atoms with E-state index in [1.807, 2.05) is 6.08 Å². The molecule has 1 nitrogen and oxygen atoms in total. The lowest BCUT2D eigenvalue weighted by atomic mass is 9.65. The van der Waals surface area contributed by atoms with Crippen molar-refractivity contribution in [3.8, 4) is 0 Å². The number of carbonyl (C=O) groups excluding carboxylic acids is 1. The Morgan fingerprint density at radius 2 is 2.08 bits per heavy atom. The smallest absolute Gasteiger partial charge is 0.127 e. The summed E-state index contributed by atoms with van der Waals surface area (Å²) in [6.45, 7) is 3.87. The fourth-order valence-electron chi connectivity index (χ4n) is 3.43. The molecule has 72 valence electrons. The third-order valence-electron chi connectivity index (χ3n) is 4.19. The Balaban J connectivity index is 2.27. The molecular formula is C12H18O. The molecule has 3 atom stereocenters. The van der Waals surface area contributed by atoms with E-state index in [4.69, 9.17) is 0 Å². The number of aldehydes is 1. The molecule has 0 aliphatic heterocycles. The van der Waals surface area contributed by atoms with Crippen LogP contribution in [0.15, 0.2) is 12.7 Å². The van der Waals surface area contributed by atoms with Gasteiger partial charge in [-0.2, -0.15) is 0 Å². The molecule has 0 bridgehead atoms. The standard InChI is InChI=1S/C12H18O/c1-2-10-6-7-11-5-3-4-8-12(10,11)9-13/h2,9-11H,1,3-8H2/t10?,11-,12-/m0/s1. The van der Waals surface area contributed by atoms with Gasteiger partial charge < -0.3 is 4.79 Å². The van der Waals surface area contributed by atoms with E-state index in [9.17, 15) is 4.79 Å². The molecule has 0 heterocycles. The van der Waals surface area contributed by atoms with Gasteiger partial charge in [0.1, 0.15) is 6.29 Å². The lowest BCUT2D eigenvalue weighted by Crippen LogP contribution is -2.35. The van der Waals surface area contributed by atoms with Crippen LogP contribution in [-0.2, 0) is 4.79 Å². The highest BCUT2D eigenvalue weighted by molar-refractivity contribution is 5.62. The van der Waals surface area contributed by atoms with Crippen LogP contribution in [0, 0.1) is 17.3 Å². The predicted octanol–water partition coefficient (Wildman–Crippen LogP) is 2.96.